The van der Waals surface area contributed by atoms with Crippen molar-refractivity contribution in [2.75, 3.05) is 7.11 Å². The zero-order chi connectivity index (χ0) is 18.7. The Morgan fingerprint density at radius 2 is 1.88 bits per heavy atom. The molecule has 2 aliphatic rings. The monoisotopic (exact) mass is 358 g/mol. The van der Waals surface area contributed by atoms with Crippen LogP contribution in [0.4, 0.5) is 0 Å². The van der Waals surface area contributed by atoms with Crippen molar-refractivity contribution >= 4 is 5.97 Å². The molecule has 2 aliphatic carbocycles. The van der Waals surface area contributed by atoms with E-state index in [2.05, 4.69) is 29.2 Å². The molecule has 1 saturated carbocycles. The van der Waals surface area contributed by atoms with Gasteiger partial charge >= 0.3 is 5.97 Å². The van der Waals surface area contributed by atoms with Crippen LogP contribution < -0.4 is 0 Å². The van der Waals surface area contributed by atoms with Gasteiger partial charge < -0.3 is 24.6 Å². The molecule has 0 spiro atoms. The summed E-state index contributed by atoms with van der Waals surface area (Å²) in [6, 6.07) is 8.89. The summed E-state index contributed by atoms with van der Waals surface area (Å²) in [6.45, 7) is 0. The molecule has 3 unspecified atom stereocenters. The Kier molecular flexibility index (Phi) is 5.20. The van der Waals surface area contributed by atoms with Crippen LogP contribution in [-0.2, 0) is 4.74 Å². The average Bonchev–Trinajstić information content (AvgIpc) is 3.22. The highest BCUT2D eigenvalue weighted by molar-refractivity contribution is 5.87. The number of benzene rings is 1. The molecular formula is C18H20N3O5-. The van der Waals surface area contributed by atoms with E-state index in [1.54, 1.807) is 12.5 Å². The molecule has 0 saturated heterocycles. The SMILES string of the molecule is COC(=O)c1cncn1C1c2ccccc2C2CCCCC21.O=[N+]([O-])[O-]. The zero-order valence-corrected chi connectivity index (χ0v) is 14.4. The maximum Gasteiger partial charge on any atom is 0.356 e. The Bertz CT molecular complexity index is 800. The predicted octanol–water partition coefficient (Wildman–Crippen LogP) is 3.31. The first-order chi connectivity index (χ1) is 12.5. The third kappa shape index (κ3) is 3.26. The van der Waals surface area contributed by atoms with Crippen LogP contribution in [0, 0.1) is 21.2 Å². The molecule has 4 rings (SSSR count). The van der Waals surface area contributed by atoms with Crippen LogP contribution in [0.5, 0.6) is 0 Å². The number of esters is 1. The minimum Gasteiger partial charge on any atom is -0.464 e. The van der Waals surface area contributed by atoms with Crippen molar-refractivity contribution in [2.24, 2.45) is 5.92 Å². The lowest BCUT2D eigenvalue weighted by Gasteiger charge is -2.30. The molecule has 0 amide bonds. The fourth-order valence-corrected chi connectivity index (χ4v) is 4.42. The summed E-state index contributed by atoms with van der Waals surface area (Å²) in [5, 5.41) is 14.8. The van der Waals surface area contributed by atoms with E-state index in [1.807, 2.05) is 4.57 Å². The number of fused-ring (bicyclic) bond motifs is 3. The van der Waals surface area contributed by atoms with Gasteiger partial charge in [0.25, 0.3) is 0 Å². The third-order valence-electron chi connectivity index (χ3n) is 5.30. The van der Waals surface area contributed by atoms with E-state index >= 15 is 0 Å². The second-order valence-electron chi connectivity index (χ2n) is 6.53. The number of methoxy groups -OCH3 is 1. The molecule has 3 atom stereocenters. The van der Waals surface area contributed by atoms with Gasteiger partial charge in [0, 0.05) is 0 Å². The van der Waals surface area contributed by atoms with E-state index in [1.165, 1.54) is 43.9 Å². The maximum atomic E-state index is 12.0. The molecular weight excluding hydrogens is 338 g/mol. The standard InChI is InChI=1S/C18H20N2O2.NO3/c1-22-18(21)16-10-19-11-20(16)17-14-8-4-2-6-12(14)13-7-3-5-9-15(13)17;2-1(3)4/h2,4,6,8,10-11,13,15,17H,3,5,7,9H2,1H3;/q;-1. The molecule has 1 heterocycles. The maximum absolute atomic E-state index is 12.0. The number of ether oxygens (including phenoxy) is 1. The molecule has 0 radical (unpaired) electrons. The zero-order valence-electron chi connectivity index (χ0n) is 14.4. The normalized spacial score (nSPS) is 23.2. The summed E-state index contributed by atoms with van der Waals surface area (Å²) in [7, 11) is 1.42. The molecule has 0 bridgehead atoms. The molecule has 138 valence electrons. The number of imidazole rings is 1. The molecule has 0 N–H and O–H groups in total. The van der Waals surface area contributed by atoms with Crippen LogP contribution in [0.25, 0.3) is 0 Å². The van der Waals surface area contributed by atoms with Gasteiger partial charge in [0.1, 0.15) is 5.69 Å². The summed E-state index contributed by atoms with van der Waals surface area (Å²) >= 11 is 0. The number of nitrogens with zero attached hydrogens (tertiary/aromatic N) is 3. The largest absolute Gasteiger partial charge is 0.464 e. The van der Waals surface area contributed by atoms with Crippen molar-refractivity contribution in [2.45, 2.75) is 37.6 Å². The summed E-state index contributed by atoms with van der Waals surface area (Å²) in [6.07, 6.45) is 8.43. The number of carbonyl (C=O) groups excluding carboxylic acids is 1. The van der Waals surface area contributed by atoms with Gasteiger partial charge in [-0.2, -0.15) is 0 Å². The topological polar surface area (TPSA) is 110 Å². The smallest absolute Gasteiger partial charge is 0.356 e. The number of aromatic nitrogens is 2. The van der Waals surface area contributed by atoms with Gasteiger partial charge in [0.15, 0.2) is 0 Å². The third-order valence-corrected chi connectivity index (χ3v) is 5.30. The first-order valence-electron chi connectivity index (χ1n) is 8.55. The van der Waals surface area contributed by atoms with E-state index in [0.29, 0.717) is 17.5 Å². The van der Waals surface area contributed by atoms with E-state index in [0.717, 1.165) is 0 Å². The van der Waals surface area contributed by atoms with Gasteiger partial charge in [0.05, 0.1) is 30.8 Å². The van der Waals surface area contributed by atoms with Crippen molar-refractivity contribution in [3.8, 4) is 0 Å². The number of hydrogen-bond donors (Lipinski definition) is 0. The Hall–Kier alpha value is -2.90. The molecule has 1 aromatic carbocycles. The lowest BCUT2D eigenvalue weighted by molar-refractivity contribution is -0.402. The Balaban J connectivity index is 0.000000447. The van der Waals surface area contributed by atoms with Crippen molar-refractivity contribution < 1.29 is 14.6 Å². The molecule has 26 heavy (non-hydrogen) atoms. The summed E-state index contributed by atoms with van der Waals surface area (Å²) < 4.78 is 6.95. The first kappa shape index (κ1) is 17.9. The van der Waals surface area contributed by atoms with Crippen LogP contribution in [-0.4, -0.2) is 27.7 Å². The molecule has 1 fully saturated rings. The van der Waals surface area contributed by atoms with Crippen molar-refractivity contribution in [1.82, 2.24) is 9.55 Å². The quantitative estimate of drug-likeness (QED) is 0.463. The highest BCUT2D eigenvalue weighted by Gasteiger charge is 2.43. The Morgan fingerprint density at radius 3 is 2.58 bits per heavy atom. The minimum absolute atomic E-state index is 0.207. The Morgan fingerprint density at radius 1 is 1.23 bits per heavy atom. The minimum atomic E-state index is -1.75. The van der Waals surface area contributed by atoms with Gasteiger partial charge in [-0.1, -0.05) is 37.1 Å². The van der Waals surface area contributed by atoms with Crippen molar-refractivity contribution in [1.29, 1.82) is 0 Å². The van der Waals surface area contributed by atoms with Gasteiger partial charge in [-0.25, -0.2) is 9.78 Å². The van der Waals surface area contributed by atoms with Gasteiger partial charge in [-0.15, -0.1) is 0 Å². The van der Waals surface area contributed by atoms with Crippen molar-refractivity contribution in [3.05, 3.63) is 68.9 Å². The van der Waals surface area contributed by atoms with Crippen molar-refractivity contribution in [3.63, 3.8) is 0 Å². The Labute approximate surface area is 150 Å². The highest BCUT2D eigenvalue weighted by atomic mass is 16.9. The number of hydrogen-bond acceptors (Lipinski definition) is 6. The lowest BCUT2D eigenvalue weighted by Crippen LogP contribution is -2.24. The van der Waals surface area contributed by atoms with Crippen LogP contribution in [0.15, 0.2) is 36.8 Å². The lowest BCUT2D eigenvalue weighted by atomic mass is 9.78. The van der Waals surface area contributed by atoms with Gasteiger partial charge in [-0.05, 0) is 35.8 Å². The summed E-state index contributed by atoms with van der Waals surface area (Å²) in [4.78, 5) is 24.5. The summed E-state index contributed by atoms with van der Waals surface area (Å²) in [5.41, 5.74) is 3.36. The number of carbonyl (C=O) groups is 1. The molecule has 2 aromatic rings. The van der Waals surface area contributed by atoms with Gasteiger partial charge in [-0.3, -0.25) is 0 Å². The molecule has 0 aliphatic heterocycles. The average molecular weight is 358 g/mol. The summed E-state index contributed by atoms with van der Waals surface area (Å²) in [5.74, 6) is 0.862. The van der Waals surface area contributed by atoms with E-state index < -0.39 is 5.09 Å². The van der Waals surface area contributed by atoms with Crippen LogP contribution in [0.2, 0.25) is 0 Å². The number of rotatable bonds is 2. The fraction of sp³-hybridized carbons (Fsp3) is 0.444. The fourth-order valence-electron chi connectivity index (χ4n) is 4.42. The van der Waals surface area contributed by atoms with Crippen LogP contribution in [0.1, 0.15) is 59.3 Å². The van der Waals surface area contributed by atoms with E-state index in [4.69, 9.17) is 20.1 Å². The molecule has 1 aromatic heterocycles. The highest BCUT2D eigenvalue weighted by Crippen LogP contribution is 2.53. The van der Waals surface area contributed by atoms with E-state index in [-0.39, 0.29) is 12.0 Å². The van der Waals surface area contributed by atoms with E-state index in [9.17, 15) is 4.79 Å². The van der Waals surface area contributed by atoms with Crippen LogP contribution in [0.3, 0.4) is 0 Å². The second-order valence-corrected chi connectivity index (χ2v) is 6.53. The first-order valence-corrected chi connectivity index (χ1v) is 8.55. The predicted molar refractivity (Wildman–Crippen MR) is 93.2 cm³/mol. The molecule has 8 nitrogen and oxygen atoms in total. The van der Waals surface area contributed by atoms with Gasteiger partial charge in [0.2, 0.25) is 0 Å². The second kappa shape index (κ2) is 7.55. The molecule has 8 heteroatoms. The van der Waals surface area contributed by atoms with Crippen LogP contribution >= 0.6 is 0 Å².